The zero-order valence-electron chi connectivity index (χ0n) is 11.6. The van der Waals surface area contributed by atoms with Crippen molar-refractivity contribution in [2.75, 3.05) is 5.32 Å². The third kappa shape index (κ3) is 2.56. The van der Waals surface area contributed by atoms with Crippen molar-refractivity contribution in [2.24, 2.45) is 7.05 Å². The Morgan fingerprint density at radius 2 is 1.75 bits per heavy atom. The molecule has 0 atom stereocenters. The predicted octanol–water partition coefficient (Wildman–Crippen LogP) is 2.59. The molecule has 20 heavy (non-hydrogen) atoms. The summed E-state index contributed by atoms with van der Waals surface area (Å²) in [6.07, 6.45) is 0. The van der Waals surface area contributed by atoms with Crippen LogP contribution in [0.3, 0.4) is 0 Å². The molecule has 5 nitrogen and oxygen atoms in total. The molecule has 1 heterocycles. The van der Waals surface area contributed by atoms with Gasteiger partial charge in [0.05, 0.1) is 11.1 Å². The van der Waals surface area contributed by atoms with Gasteiger partial charge in [0.15, 0.2) is 0 Å². The molecular formula is C15H16N2O3. The number of carboxylic acid groups (broad SMARTS) is 1. The minimum absolute atomic E-state index is 0.190. The lowest BCUT2D eigenvalue weighted by Crippen LogP contribution is -2.13. The van der Waals surface area contributed by atoms with Crippen LogP contribution < -0.4 is 5.32 Å². The lowest BCUT2D eigenvalue weighted by atomic mass is 10.2. The van der Waals surface area contributed by atoms with Crippen molar-refractivity contribution in [2.45, 2.75) is 13.8 Å². The number of hydrogen-bond donors (Lipinski definition) is 2. The second-order valence-electron chi connectivity index (χ2n) is 4.68. The van der Waals surface area contributed by atoms with Crippen LogP contribution in [-0.2, 0) is 7.05 Å². The van der Waals surface area contributed by atoms with Crippen LogP contribution >= 0.6 is 0 Å². The first-order valence-corrected chi connectivity index (χ1v) is 6.17. The highest BCUT2D eigenvalue weighted by Gasteiger charge is 2.14. The first-order chi connectivity index (χ1) is 9.40. The van der Waals surface area contributed by atoms with Gasteiger partial charge in [-0.15, -0.1) is 0 Å². The maximum Gasteiger partial charge on any atom is 0.335 e. The quantitative estimate of drug-likeness (QED) is 0.902. The standard InChI is InChI=1S/C15H16N2O3/c1-9-8-13(10(2)17(9)3)14(18)16-12-6-4-11(5-7-12)15(19)20/h4-8H,1-3H3,(H,16,18)(H,19,20). The predicted molar refractivity (Wildman–Crippen MR) is 76.2 cm³/mol. The third-order valence-electron chi connectivity index (χ3n) is 3.41. The SMILES string of the molecule is Cc1cc(C(=O)Nc2ccc(C(=O)O)cc2)c(C)n1C. The summed E-state index contributed by atoms with van der Waals surface area (Å²) in [6.45, 7) is 3.82. The van der Waals surface area contributed by atoms with E-state index in [4.69, 9.17) is 5.11 Å². The number of aromatic nitrogens is 1. The Bertz CT molecular complexity index is 669. The number of nitrogens with zero attached hydrogens (tertiary/aromatic N) is 1. The van der Waals surface area contributed by atoms with Gasteiger partial charge in [0.2, 0.25) is 0 Å². The molecule has 0 aliphatic rings. The van der Waals surface area contributed by atoms with Crippen LogP contribution in [0.4, 0.5) is 5.69 Å². The Balaban J connectivity index is 2.19. The Morgan fingerprint density at radius 3 is 2.20 bits per heavy atom. The highest BCUT2D eigenvalue weighted by atomic mass is 16.4. The summed E-state index contributed by atoms with van der Waals surface area (Å²) < 4.78 is 1.95. The molecule has 0 saturated heterocycles. The van der Waals surface area contributed by atoms with E-state index < -0.39 is 5.97 Å². The first kappa shape index (κ1) is 13.9. The normalized spacial score (nSPS) is 10.3. The number of benzene rings is 1. The van der Waals surface area contributed by atoms with Gasteiger partial charge < -0.3 is 15.0 Å². The van der Waals surface area contributed by atoms with Crippen molar-refractivity contribution in [1.82, 2.24) is 4.57 Å². The average Bonchev–Trinajstić information content (AvgIpc) is 2.67. The van der Waals surface area contributed by atoms with Crippen molar-refractivity contribution in [3.63, 3.8) is 0 Å². The van der Waals surface area contributed by atoms with Crippen molar-refractivity contribution < 1.29 is 14.7 Å². The van der Waals surface area contributed by atoms with Gasteiger partial charge in [0.1, 0.15) is 0 Å². The summed E-state index contributed by atoms with van der Waals surface area (Å²) in [5, 5.41) is 11.6. The molecule has 2 N–H and O–H groups in total. The van der Waals surface area contributed by atoms with Crippen LogP contribution in [0, 0.1) is 13.8 Å². The van der Waals surface area contributed by atoms with E-state index in [0.717, 1.165) is 11.4 Å². The fourth-order valence-corrected chi connectivity index (χ4v) is 1.98. The molecule has 0 aliphatic carbocycles. The van der Waals surface area contributed by atoms with Gasteiger partial charge in [0.25, 0.3) is 5.91 Å². The Morgan fingerprint density at radius 1 is 1.15 bits per heavy atom. The largest absolute Gasteiger partial charge is 0.478 e. The summed E-state index contributed by atoms with van der Waals surface area (Å²) in [6, 6.07) is 7.90. The van der Waals surface area contributed by atoms with Crippen LogP contribution in [-0.4, -0.2) is 21.6 Å². The minimum atomic E-state index is -0.989. The number of carbonyl (C=O) groups is 2. The monoisotopic (exact) mass is 272 g/mol. The molecule has 5 heteroatoms. The summed E-state index contributed by atoms with van der Waals surface area (Å²) in [7, 11) is 1.91. The summed E-state index contributed by atoms with van der Waals surface area (Å²) >= 11 is 0. The summed E-state index contributed by atoms with van der Waals surface area (Å²) in [5.41, 5.74) is 3.28. The molecule has 0 fully saturated rings. The van der Waals surface area contributed by atoms with Crippen LogP contribution in [0.5, 0.6) is 0 Å². The number of carboxylic acids is 1. The molecule has 2 aromatic rings. The van der Waals surface area contributed by atoms with Gasteiger partial charge in [-0.1, -0.05) is 0 Å². The molecule has 1 aromatic carbocycles. The lowest BCUT2D eigenvalue weighted by molar-refractivity contribution is 0.0696. The fraction of sp³-hybridized carbons (Fsp3) is 0.200. The summed E-state index contributed by atoms with van der Waals surface area (Å²) in [5.74, 6) is -1.19. The molecule has 1 aromatic heterocycles. The Kier molecular flexibility index (Phi) is 3.61. The van der Waals surface area contributed by atoms with E-state index >= 15 is 0 Å². The van der Waals surface area contributed by atoms with Gasteiger partial charge in [-0.3, -0.25) is 4.79 Å². The zero-order valence-corrected chi connectivity index (χ0v) is 11.6. The molecular weight excluding hydrogens is 256 g/mol. The van der Waals surface area contributed by atoms with Crippen LogP contribution in [0.15, 0.2) is 30.3 Å². The van der Waals surface area contributed by atoms with Gasteiger partial charge >= 0.3 is 5.97 Å². The van der Waals surface area contributed by atoms with Gasteiger partial charge in [0, 0.05) is 24.1 Å². The van der Waals surface area contributed by atoms with E-state index in [9.17, 15) is 9.59 Å². The van der Waals surface area contributed by atoms with Crippen molar-refractivity contribution in [1.29, 1.82) is 0 Å². The molecule has 0 bridgehead atoms. The van der Waals surface area contributed by atoms with E-state index in [2.05, 4.69) is 5.32 Å². The van der Waals surface area contributed by atoms with Gasteiger partial charge in [-0.05, 0) is 44.2 Å². The Labute approximate surface area is 116 Å². The van der Waals surface area contributed by atoms with Crippen molar-refractivity contribution in [3.8, 4) is 0 Å². The average molecular weight is 272 g/mol. The number of amides is 1. The molecule has 0 radical (unpaired) electrons. The van der Waals surface area contributed by atoms with E-state index in [-0.39, 0.29) is 11.5 Å². The smallest absolute Gasteiger partial charge is 0.335 e. The van der Waals surface area contributed by atoms with Crippen LogP contribution in [0.1, 0.15) is 32.1 Å². The number of aromatic carboxylic acids is 1. The van der Waals surface area contributed by atoms with E-state index in [1.165, 1.54) is 12.1 Å². The Hall–Kier alpha value is -2.56. The van der Waals surface area contributed by atoms with Crippen molar-refractivity contribution in [3.05, 3.63) is 52.8 Å². The topological polar surface area (TPSA) is 71.3 Å². The molecule has 0 saturated carbocycles. The molecule has 0 unspecified atom stereocenters. The van der Waals surface area contributed by atoms with Crippen LogP contribution in [0.2, 0.25) is 0 Å². The first-order valence-electron chi connectivity index (χ1n) is 6.17. The number of aryl methyl sites for hydroxylation is 1. The maximum atomic E-state index is 12.2. The zero-order chi connectivity index (χ0) is 14.9. The second kappa shape index (κ2) is 5.21. The third-order valence-corrected chi connectivity index (χ3v) is 3.41. The fourth-order valence-electron chi connectivity index (χ4n) is 1.98. The maximum absolute atomic E-state index is 12.2. The van der Waals surface area contributed by atoms with Gasteiger partial charge in [-0.2, -0.15) is 0 Å². The molecule has 2 rings (SSSR count). The van der Waals surface area contributed by atoms with E-state index in [1.54, 1.807) is 12.1 Å². The van der Waals surface area contributed by atoms with Crippen LogP contribution in [0.25, 0.3) is 0 Å². The van der Waals surface area contributed by atoms with Gasteiger partial charge in [-0.25, -0.2) is 4.79 Å². The second-order valence-corrected chi connectivity index (χ2v) is 4.68. The molecule has 1 amide bonds. The van der Waals surface area contributed by atoms with E-state index in [1.807, 2.05) is 31.5 Å². The molecule has 0 aliphatic heterocycles. The number of nitrogens with one attached hydrogen (secondary N) is 1. The highest BCUT2D eigenvalue weighted by Crippen LogP contribution is 2.16. The lowest BCUT2D eigenvalue weighted by Gasteiger charge is -2.06. The summed E-state index contributed by atoms with van der Waals surface area (Å²) in [4.78, 5) is 22.9. The number of carbonyl (C=O) groups excluding carboxylic acids is 1. The number of hydrogen-bond acceptors (Lipinski definition) is 2. The molecule has 0 spiro atoms. The van der Waals surface area contributed by atoms with E-state index in [0.29, 0.717) is 11.3 Å². The minimum Gasteiger partial charge on any atom is -0.478 e. The number of anilines is 1. The molecule has 104 valence electrons. The number of rotatable bonds is 3. The van der Waals surface area contributed by atoms with Crippen molar-refractivity contribution >= 4 is 17.6 Å². The highest BCUT2D eigenvalue weighted by molar-refractivity contribution is 6.05.